The quantitative estimate of drug-likeness (QED) is 0.769. The number of Topliss-reactive ketones (excluding diaryl/α,β-unsaturated/α-hetero) is 1. The van der Waals surface area contributed by atoms with Crippen LogP contribution in [-0.4, -0.2) is 28.8 Å². The maximum absolute atomic E-state index is 12.0. The summed E-state index contributed by atoms with van der Waals surface area (Å²) in [5, 5.41) is 2.99. The molecule has 1 saturated carbocycles. The van der Waals surface area contributed by atoms with Crippen molar-refractivity contribution >= 4 is 27.8 Å². The summed E-state index contributed by atoms with van der Waals surface area (Å²) >= 11 is 3.19. The zero-order valence-corrected chi connectivity index (χ0v) is 14.3. The number of alkyl carbamates (subject to hydrolysis) is 1. The maximum Gasteiger partial charge on any atom is 0.408 e. The van der Waals surface area contributed by atoms with Crippen molar-refractivity contribution < 1.29 is 14.3 Å². The summed E-state index contributed by atoms with van der Waals surface area (Å²) in [6.07, 6.45) is 6.27. The Morgan fingerprint density at radius 1 is 1.25 bits per heavy atom. The molecule has 116 valence electrons. The van der Waals surface area contributed by atoms with Gasteiger partial charge >= 0.3 is 6.09 Å². The molecule has 0 spiro atoms. The van der Waals surface area contributed by atoms with Crippen LogP contribution in [0.2, 0.25) is 0 Å². The number of hydrogen-bond acceptors (Lipinski definition) is 3. The number of carbonyl (C=O) groups is 2. The number of carbonyl (C=O) groups excluding carboxylic acids is 2. The van der Waals surface area contributed by atoms with Gasteiger partial charge in [0.05, 0.1) is 11.4 Å². The molecule has 1 atom stereocenters. The highest BCUT2D eigenvalue weighted by Gasteiger charge is 2.27. The molecular weight excluding hydrogens is 322 g/mol. The Labute approximate surface area is 130 Å². The lowest BCUT2D eigenvalue weighted by atomic mass is 9.84. The molecule has 1 fully saturated rings. The van der Waals surface area contributed by atoms with Gasteiger partial charge < -0.3 is 10.1 Å². The van der Waals surface area contributed by atoms with Crippen LogP contribution in [0.15, 0.2) is 0 Å². The number of rotatable bonds is 5. The fourth-order valence-corrected chi connectivity index (χ4v) is 2.96. The van der Waals surface area contributed by atoms with Crippen LogP contribution in [-0.2, 0) is 9.53 Å². The van der Waals surface area contributed by atoms with Gasteiger partial charge in [-0.05, 0) is 33.1 Å². The van der Waals surface area contributed by atoms with E-state index in [4.69, 9.17) is 4.74 Å². The molecule has 1 rings (SSSR count). The van der Waals surface area contributed by atoms with Gasteiger partial charge in [-0.3, -0.25) is 4.79 Å². The Morgan fingerprint density at radius 3 is 2.35 bits per heavy atom. The average Bonchev–Trinajstić information content (AvgIpc) is 2.36. The van der Waals surface area contributed by atoms with Crippen molar-refractivity contribution in [2.75, 3.05) is 5.33 Å². The standard InChI is InChI=1S/C15H26BrNO3/c1-15(2,3)20-14(19)17-12(13(18)10-16)9-11-7-5-4-6-8-11/h11-12H,4-10H2,1-3H3,(H,17,19). The third kappa shape index (κ3) is 6.73. The van der Waals surface area contributed by atoms with Gasteiger partial charge in [-0.15, -0.1) is 0 Å². The molecule has 0 bridgehead atoms. The van der Waals surface area contributed by atoms with E-state index in [1.165, 1.54) is 19.3 Å². The third-order valence-corrected chi connectivity index (χ3v) is 4.06. The Hall–Kier alpha value is -0.580. The number of ether oxygens (including phenoxy) is 1. The predicted octanol–water partition coefficient (Wildman–Crippen LogP) is 3.81. The molecule has 5 heteroatoms. The van der Waals surface area contributed by atoms with Gasteiger partial charge in [-0.25, -0.2) is 4.79 Å². The van der Waals surface area contributed by atoms with E-state index < -0.39 is 17.7 Å². The van der Waals surface area contributed by atoms with Crippen LogP contribution in [0.25, 0.3) is 0 Å². The Bertz CT molecular complexity index is 333. The van der Waals surface area contributed by atoms with Gasteiger partial charge in [-0.2, -0.15) is 0 Å². The zero-order chi connectivity index (χ0) is 15.2. The number of ketones is 1. The van der Waals surface area contributed by atoms with Gasteiger partial charge in [0.25, 0.3) is 0 Å². The van der Waals surface area contributed by atoms with Crippen molar-refractivity contribution in [2.24, 2.45) is 5.92 Å². The normalized spacial score (nSPS) is 18.4. The van der Waals surface area contributed by atoms with Gasteiger partial charge in [0.1, 0.15) is 5.60 Å². The second kappa shape index (κ2) is 8.01. The summed E-state index contributed by atoms with van der Waals surface area (Å²) in [4.78, 5) is 23.8. The van der Waals surface area contributed by atoms with E-state index >= 15 is 0 Å². The van der Waals surface area contributed by atoms with Crippen molar-refractivity contribution in [2.45, 2.75) is 70.9 Å². The summed E-state index contributed by atoms with van der Waals surface area (Å²) < 4.78 is 5.23. The molecule has 0 saturated heterocycles. The Kier molecular flexibility index (Phi) is 7.00. The number of hydrogen-bond donors (Lipinski definition) is 1. The van der Waals surface area contributed by atoms with E-state index in [0.29, 0.717) is 5.92 Å². The molecule has 0 heterocycles. The van der Waals surface area contributed by atoms with Crippen LogP contribution >= 0.6 is 15.9 Å². The summed E-state index contributed by atoms with van der Waals surface area (Å²) in [5.41, 5.74) is -0.545. The SMILES string of the molecule is CC(C)(C)OC(=O)NC(CC1CCCCC1)C(=O)CBr. The first-order chi connectivity index (χ1) is 9.31. The largest absolute Gasteiger partial charge is 0.444 e. The molecule has 4 nitrogen and oxygen atoms in total. The number of nitrogens with one attached hydrogen (secondary N) is 1. The highest BCUT2D eigenvalue weighted by Crippen LogP contribution is 2.27. The van der Waals surface area contributed by atoms with Gasteiger partial charge in [0.15, 0.2) is 5.78 Å². The van der Waals surface area contributed by atoms with Crippen LogP contribution in [0.5, 0.6) is 0 Å². The molecular formula is C15H26BrNO3. The molecule has 1 amide bonds. The molecule has 20 heavy (non-hydrogen) atoms. The van der Waals surface area contributed by atoms with E-state index in [0.717, 1.165) is 19.3 Å². The summed E-state index contributed by atoms with van der Waals surface area (Å²) in [7, 11) is 0. The number of halogens is 1. The first-order valence-corrected chi connectivity index (χ1v) is 8.52. The van der Waals surface area contributed by atoms with Crippen LogP contribution in [0, 0.1) is 5.92 Å². The van der Waals surface area contributed by atoms with Crippen molar-refractivity contribution in [3.63, 3.8) is 0 Å². The zero-order valence-electron chi connectivity index (χ0n) is 12.7. The van der Waals surface area contributed by atoms with Crippen LogP contribution in [0.3, 0.4) is 0 Å². The number of alkyl halides is 1. The molecule has 0 aromatic heterocycles. The van der Waals surface area contributed by atoms with E-state index in [9.17, 15) is 9.59 Å². The minimum atomic E-state index is -0.545. The van der Waals surface area contributed by atoms with Crippen molar-refractivity contribution in [3.8, 4) is 0 Å². The monoisotopic (exact) mass is 347 g/mol. The Morgan fingerprint density at radius 2 is 1.85 bits per heavy atom. The highest BCUT2D eigenvalue weighted by atomic mass is 79.9. The second-order valence-corrected chi connectivity index (χ2v) is 7.10. The second-order valence-electron chi connectivity index (χ2n) is 6.54. The topological polar surface area (TPSA) is 55.4 Å². The summed E-state index contributed by atoms with van der Waals surface area (Å²) in [5.74, 6) is 0.549. The van der Waals surface area contributed by atoms with Crippen LogP contribution < -0.4 is 5.32 Å². The highest BCUT2D eigenvalue weighted by molar-refractivity contribution is 9.09. The minimum Gasteiger partial charge on any atom is -0.444 e. The summed E-state index contributed by atoms with van der Waals surface area (Å²) in [6.45, 7) is 5.44. The lowest BCUT2D eigenvalue weighted by Gasteiger charge is -2.27. The van der Waals surface area contributed by atoms with Crippen molar-refractivity contribution in [1.29, 1.82) is 0 Å². The fraction of sp³-hybridized carbons (Fsp3) is 0.867. The van der Waals surface area contributed by atoms with Gasteiger partial charge in [-0.1, -0.05) is 48.0 Å². The lowest BCUT2D eigenvalue weighted by Crippen LogP contribution is -2.45. The lowest BCUT2D eigenvalue weighted by molar-refractivity contribution is -0.119. The molecule has 0 aromatic rings. The smallest absolute Gasteiger partial charge is 0.408 e. The fourth-order valence-electron chi connectivity index (χ4n) is 2.57. The minimum absolute atomic E-state index is 0.0152. The van der Waals surface area contributed by atoms with Gasteiger partial charge in [0.2, 0.25) is 0 Å². The molecule has 1 aliphatic rings. The van der Waals surface area contributed by atoms with E-state index in [1.54, 1.807) is 0 Å². The number of amides is 1. The summed E-state index contributed by atoms with van der Waals surface area (Å²) in [6, 6.07) is -0.438. The first kappa shape index (κ1) is 17.5. The van der Waals surface area contributed by atoms with E-state index in [-0.39, 0.29) is 11.1 Å². The average molecular weight is 348 g/mol. The Balaban J connectivity index is 2.55. The molecule has 1 N–H and O–H groups in total. The van der Waals surface area contributed by atoms with Crippen LogP contribution in [0.1, 0.15) is 59.3 Å². The first-order valence-electron chi connectivity index (χ1n) is 7.40. The molecule has 0 aromatic carbocycles. The van der Waals surface area contributed by atoms with Crippen LogP contribution in [0.4, 0.5) is 4.79 Å². The van der Waals surface area contributed by atoms with Crippen molar-refractivity contribution in [1.82, 2.24) is 5.32 Å². The molecule has 1 unspecified atom stereocenters. The van der Waals surface area contributed by atoms with Crippen molar-refractivity contribution in [3.05, 3.63) is 0 Å². The predicted molar refractivity (Wildman–Crippen MR) is 83.2 cm³/mol. The van der Waals surface area contributed by atoms with E-state index in [2.05, 4.69) is 21.2 Å². The molecule has 0 radical (unpaired) electrons. The van der Waals surface area contributed by atoms with Gasteiger partial charge in [0, 0.05) is 0 Å². The molecule has 1 aliphatic carbocycles. The third-order valence-electron chi connectivity index (χ3n) is 3.51. The molecule has 0 aliphatic heterocycles. The maximum atomic E-state index is 12.0. The van der Waals surface area contributed by atoms with E-state index in [1.807, 2.05) is 20.8 Å².